The molecule has 0 unspecified atom stereocenters. The molecule has 2 fully saturated rings. The molecule has 0 spiro atoms. The van der Waals surface area contributed by atoms with E-state index >= 15 is 4.39 Å². The van der Waals surface area contributed by atoms with Crippen LogP contribution >= 0.6 is 0 Å². The molecule has 4 heterocycles. The Morgan fingerprint density at radius 2 is 1.75 bits per heavy atom. The van der Waals surface area contributed by atoms with Crippen molar-refractivity contribution in [2.75, 3.05) is 32.7 Å². The highest BCUT2D eigenvalue weighted by Gasteiger charge is 2.40. The van der Waals surface area contributed by atoms with E-state index in [0.717, 1.165) is 50.0 Å². The van der Waals surface area contributed by atoms with Gasteiger partial charge in [-0.15, -0.1) is 0 Å². The normalized spacial score (nSPS) is 19.1. The molecule has 0 saturated carbocycles. The van der Waals surface area contributed by atoms with Crippen LogP contribution in [0, 0.1) is 17.2 Å². The number of aryl methyl sites for hydroxylation is 1. The average molecular weight is 658 g/mol. The highest BCUT2D eigenvalue weighted by atomic mass is 19.1. The molecule has 1 atom stereocenters. The molecule has 2 aliphatic rings. The first-order chi connectivity index (χ1) is 22.8. The van der Waals surface area contributed by atoms with Gasteiger partial charge < -0.3 is 24.4 Å². The van der Waals surface area contributed by atoms with Crippen molar-refractivity contribution in [3.63, 3.8) is 0 Å². The number of nitrogens with zero attached hydrogens (tertiary/aromatic N) is 5. The Balaban J connectivity index is 1.09. The maximum absolute atomic E-state index is 16.2. The van der Waals surface area contributed by atoms with Crippen LogP contribution in [-0.4, -0.2) is 74.1 Å². The molecule has 10 heteroatoms. The van der Waals surface area contributed by atoms with Crippen LogP contribution in [0.5, 0.6) is 11.8 Å². The van der Waals surface area contributed by atoms with Gasteiger partial charge in [0.25, 0.3) is 0 Å². The van der Waals surface area contributed by atoms with Crippen LogP contribution in [0.4, 0.5) is 9.18 Å². The number of likely N-dealkylation sites (tertiary alicyclic amines) is 2. The fourth-order valence-corrected chi connectivity index (χ4v) is 7.24. The molecule has 6 rings (SSSR count). The number of rotatable bonds is 7. The number of carbonyl (C=O) groups excluding carboxylic acids is 1. The van der Waals surface area contributed by atoms with Gasteiger partial charge in [0.05, 0.1) is 5.56 Å². The van der Waals surface area contributed by atoms with E-state index in [1.807, 2.05) is 68.1 Å². The van der Waals surface area contributed by atoms with E-state index in [4.69, 9.17) is 9.47 Å². The van der Waals surface area contributed by atoms with Gasteiger partial charge in [-0.2, -0.15) is 10.1 Å². The number of halogens is 1. The van der Waals surface area contributed by atoms with Gasteiger partial charge in [0.1, 0.15) is 23.4 Å². The Bertz CT molecular complexity index is 1760. The summed E-state index contributed by atoms with van der Waals surface area (Å²) in [5, 5.41) is 16.1. The quantitative estimate of drug-likeness (QED) is 0.220. The second-order valence-electron chi connectivity index (χ2n) is 15.1. The lowest BCUT2D eigenvalue weighted by Crippen LogP contribution is -2.52. The van der Waals surface area contributed by atoms with E-state index in [0.29, 0.717) is 53.7 Å². The van der Waals surface area contributed by atoms with Crippen molar-refractivity contribution in [2.45, 2.75) is 72.0 Å². The Morgan fingerprint density at radius 3 is 2.42 bits per heavy atom. The molecular formula is C38H48FN5O4. The van der Waals surface area contributed by atoms with Crippen molar-refractivity contribution >= 4 is 17.0 Å². The molecule has 2 aromatic heterocycles. The van der Waals surface area contributed by atoms with Gasteiger partial charge in [-0.3, -0.25) is 4.68 Å². The van der Waals surface area contributed by atoms with Crippen LogP contribution in [0.3, 0.4) is 0 Å². The van der Waals surface area contributed by atoms with E-state index in [1.54, 1.807) is 23.9 Å². The van der Waals surface area contributed by atoms with E-state index in [9.17, 15) is 9.90 Å². The summed E-state index contributed by atoms with van der Waals surface area (Å²) in [5.41, 5.74) is 2.51. The van der Waals surface area contributed by atoms with Gasteiger partial charge >= 0.3 is 6.09 Å². The summed E-state index contributed by atoms with van der Waals surface area (Å²) >= 11 is 0. The molecule has 2 aromatic carbocycles. The van der Waals surface area contributed by atoms with E-state index in [1.165, 1.54) is 0 Å². The predicted octanol–water partition coefficient (Wildman–Crippen LogP) is 7.52. The minimum absolute atomic E-state index is 0.0279. The first-order valence-electron chi connectivity index (χ1n) is 17.0. The fourth-order valence-electron chi connectivity index (χ4n) is 7.24. The van der Waals surface area contributed by atoms with Crippen molar-refractivity contribution in [3.05, 3.63) is 71.5 Å². The first-order valence-corrected chi connectivity index (χ1v) is 17.0. The number of aromatic nitrogens is 3. The molecule has 4 aromatic rings. The van der Waals surface area contributed by atoms with Crippen LogP contribution in [0.15, 0.2) is 54.6 Å². The van der Waals surface area contributed by atoms with Crippen molar-refractivity contribution in [3.8, 4) is 23.0 Å². The molecule has 0 bridgehead atoms. The Morgan fingerprint density at radius 1 is 1.02 bits per heavy atom. The first kappa shape index (κ1) is 33.7. The second kappa shape index (κ2) is 13.4. The number of amides is 1. The largest absolute Gasteiger partial charge is 0.493 e. The van der Waals surface area contributed by atoms with Crippen LogP contribution in [0.2, 0.25) is 0 Å². The van der Waals surface area contributed by atoms with Gasteiger partial charge in [0.2, 0.25) is 11.8 Å². The van der Waals surface area contributed by atoms with Gasteiger partial charge in [-0.1, -0.05) is 56.3 Å². The van der Waals surface area contributed by atoms with Crippen molar-refractivity contribution in [1.82, 2.24) is 24.6 Å². The van der Waals surface area contributed by atoms with E-state index < -0.39 is 5.60 Å². The minimum atomic E-state index is -0.503. The number of aromatic hydroxyl groups is 1. The summed E-state index contributed by atoms with van der Waals surface area (Å²) < 4.78 is 29.2. The van der Waals surface area contributed by atoms with E-state index in [2.05, 4.69) is 28.8 Å². The van der Waals surface area contributed by atoms with E-state index in [-0.39, 0.29) is 29.1 Å². The molecule has 1 amide bonds. The summed E-state index contributed by atoms with van der Waals surface area (Å²) in [4.78, 5) is 21.3. The molecule has 9 nitrogen and oxygen atoms in total. The summed E-state index contributed by atoms with van der Waals surface area (Å²) in [6.07, 6.45) is 2.46. The smallest absolute Gasteiger partial charge is 0.410 e. The number of hydrogen-bond acceptors (Lipinski definition) is 7. The van der Waals surface area contributed by atoms with Crippen molar-refractivity contribution in [2.24, 2.45) is 18.4 Å². The van der Waals surface area contributed by atoms with Gasteiger partial charge in [-0.05, 0) is 87.6 Å². The second-order valence-corrected chi connectivity index (χ2v) is 15.1. The molecule has 0 aliphatic carbocycles. The van der Waals surface area contributed by atoms with Crippen LogP contribution in [-0.2, 0) is 18.4 Å². The van der Waals surface area contributed by atoms with Gasteiger partial charge in [0.15, 0.2) is 5.82 Å². The van der Waals surface area contributed by atoms with Crippen LogP contribution in [0.25, 0.3) is 22.2 Å². The Kier molecular flexibility index (Phi) is 9.40. The monoisotopic (exact) mass is 657 g/mol. The highest BCUT2D eigenvalue weighted by molar-refractivity contribution is 5.95. The minimum Gasteiger partial charge on any atom is -0.493 e. The SMILES string of the molecule is Cn1nc(-c2ccc(OCc3ccccc3)nc2O)c2ccc(C3CCN(C[C@H]4CCN(C(=O)OC(C)(C)C)CC4(C)C)CC3)c(F)c21. The Labute approximate surface area is 282 Å². The average Bonchev–Trinajstić information content (AvgIpc) is 3.37. The lowest BCUT2D eigenvalue weighted by atomic mass is 9.73. The van der Waals surface area contributed by atoms with Gasteiger partial charge in [0, 0.05) is 38.1 Å². The number of carbonyl (C=O) groups is 1. The maximum atomic E-state index is 16.2. The zero-order valence-electron chi connectivity index (χ0n) is 29.0. The van der Waals surface area contributed by atoms with Crippen molar-refractivity contribution < 1.29 is 23.8 Å². The lowest BCUT2D eigenvalue weighted by molar-refractivity contribution is -0.0113. The number of hydrogen-bond donors (Lipinski definition) is 1. The van der Waals surface area contributed by atoms with Crippen LogP contribution in [0.1, 0.15) is 70.9 Å². The number of piperidine rings is 2. The molecule has 256 valence electrons. The molecule has 0 radical (unpaired) electrons. The summed E-state index contributed by atoms with van der Waals surface area (Å²) in [6, 6.07) is 17.0. The van der Waals surface area contributed by atoms with Gasteiger partial charge in [-0.25, -0.2) is 9.18 Å². The zero-order chi connectivity index (χ0) is 34.2. The highest BCUT2D eigenvalue weighted by Crippen LogP contribution is 2.40. The molecule has 1 N–H and O–H groups in total. The number of pyridine rings is 1. The molecular weight excluding hydrogens is 609 g/mol. The van der Waals surface area contributed by atoms with Crippen molar-refractivity contribution in [1.29, 1.82) is 0 Å². The third kappa shape index (κ3) is 7.28. The Hall–Kier alpha value is -4.18. The lowest BCUT2D eigenvalue weighted by Gasteiger charge is -2.46. The standard InChI is InChI=1S/C38H48FN5O4/c1-37(2,3)48-36(46)44-21-18-27(38(4,5)24-44)22-43-19-16-26(17-20-43)28-12-13-29-33(41-42(6)34(29)32(28)39)30-14-15-31(40-35(30)45)47-23-25-10-8-7-9-11-25/h7-15,26-27H,16-24H2,1-6H3,(H,40,45)/t27-/m1/s1. The van der Waals surface area contributed by atoms with Crippen LogP contribution < -0.4 is 4.74 Å². The summed E-state index contributed by atoms with van der Waals surface area (Å²) in [7, 11) is 1.74. The summed E-state index contributed by atoms with van der Waals surface area (Å²) in [6.45, 7) is 14.7. The number of ether oxygens (including phenoxy) is 2. The third-order valence-electron chi connectivity index (χ3n) is 9.92. The molecule has 2 saturated heterocycles. The topological polar surface area (TPSA) is 93.0 Å². The maximum Gasteiger partial charge on any atom is 0.410 e. The molecule has 48 heavy (non-hydrogen) atoms. The zero-order valence-corrected chi connectivity index (χ0v) is 29.0. The molecule has 2 aliphatic heterocycles. The fraction of sp³-hybridized carbons (Fsp3) is 0.500. The third-order valence-corrected chi connectivity index (χ3v) is 9.92. The predicted molar refractivity (Wildman–Crippen MR) is 184 cm³/mol. The summed E-state index contributed by atoms with van der Waals surface area (Å²) in [5.74, 6) is 0.412. The number of fused-ring (bicyclic) bond motifs is 1. The number of benzene rings is 2.